The van der Waals surface area contributed by atoms with Crippen molar-refractivity contribution in [1.29, 1.82) is 0 Å². The Morgan fingerprint density at radius 3 is 2.40 bits per heavy atom. The monoisotopic (exact) mass is 357 g/mol. The highest BCUT2D eigenvalue weighted by molar-refractivity contribution is 6.39. The fourth-order valence-corrected chi connectivity index (χ4v) is 1.87. The van der Waals surface area contributed by atoms with E-state index in [1.807, 2.05) is 0 Å². The molecule has 128 valence electrons. The zero-order valence-corrected chi connectivity index (χ0v) is 14.0. The van der Waals surface area contributed by atoms with Crippen LogP contribution in [0.3, 0.4) is 0 Å². The molecule has 2 aromatic rings. The van der Waals surface area contributed by atoms with Crippen molar-refractivity contribution >= 4 is 35.3 Å². The average Bonchev–Trinajstić information content (AvgIpc) is 2.62. The maximum Gasteiger partial charge on any atom is 0.329 e. The van der Waals surface area contributed by atoms with Gasteiger partial charge in [-0.15, -0.1) is 0 Å². The van der Waals surface area contributed by atoms with E-state index in [-0.39, 0.29) is 0 Å². The molecule has 0 unspecified atom stereocenters. The molecular formula is C18H16ClN3O3. The highest BCUT2D eigenvalue weighted by Crippen LogP contribution is 2.15. The lowest BCUT2D eigenvalue weighted by molar-refractivity contribution is -0.136. The average molecular weight is 358 g/mol. The summed E-state index contributed by atoms with van der Waals surface area (Å²) >= 11 is 5.77. The maximum absolute atomic E-state index is 11.8. The number of hydrogen-bond acceptors (Lipinski definition) is 4. The normalized spacial score (nSPS) is 10.3. The van der Waals surface area contributed by atoms with Crippen molar-refractivity contribution in [2.24, 2.45) is 5.10 Å². The lowest BCUT2D eigenvalue weighted by atomic mass is 10.2. The molecule has 0 spiro atoms. The molecule has 0 aliphatic carbocycles. The Labute approximate surface area is 150 Å². The molecule has 0 aliphatic heterocycles. The lowest BCUT2D eigenvalue weighted by Crippen LogP contribution is -2.32. The third kappa shape index (κ3) is 6.12. The van der Waals surface area contributed by atoms with Crippen LogP contribution < -0.4 is 15.5 Å². The Morgan fingerprint density at radius 1 is 1.08 bits per heavy atom. The molecule has 0 heterocycles. The number of hydrogen-bond donors (Lipinski definition) is 2. The molecule has 0 aromatic heterocycles. The SMILES string of the molecule is C=CCOc1ccc(NC(=O)C(=O)N/N=C\c2ccc(Cl)cc2)cc1. The van der Waals surface area contributed by atoms with E-state index in [4.69, 9.17) is 16.3 Å². The van der Waals surface area contributed by atoms with Gasteiger partial charge in [0.2, 0.25) is 0 Å². The molecule has 2 rings (SSSR count). The Morgan fingerprint density at radius 2 is 1.76 bits per heavy atom. The fourth-order valence-electron chi connectivity index (χ4n) is 1.74. The first-order valence-electron chi connectivity index (χ1n) is 7.32. The Hall–Kier alpha value is -3.12. The molecule has 0 radical (unpaired) electrons. The van der Waals surface area contributed by atoms with Crippen LogP contribution in [-0.4, -0.2) is 24.6 Å². The third-order valence-electron chi connectivity index (χ3n) is 2.94. The van der Waals surface area contributed by atoms with E-state index in [0.717, 1.165) is 5.56 Å². The molecule has 0 atom stereocenters. The number of hydrazone groups is 1. The summed E-state index contributed by atoms with van der Waals surface area (Å²) in [5.41, 5.74) is 3.36. The molecule has 2 amide bonds. The van der Waals surface area contributed by atoms with Gasteiger partial charge in [-0.3, -0.25) is 9.59 Å². The molecule has 0 aliphatic rings. The zero-order chi connectivity index (χ0) is 18.1. The number of nitrogens with zero attached hydrogens (tertiary/aromatic N) is 1. The molecule has 0 bridgehead atoms. The topological polar surface area (TPSA) is 79.8 Å². The first-order valence-corrected chi connectivity index (χ1v) is 7.70. The van der Waals surface area contributed by atoms with Crippen LogP contribution in [0.1, 0.15) is 5.56 Å². The quantitative estimate of drug-likeness (QED) is 0.361. The standard InChI is InChI=1S/C18H16ClN3O3/c1-2-11-25-16-9-7-15(8-10-16)21-17(23)18(24)22-20-12-13-3-5-14(19)6-4-13/h2-10,12H,1,11H2,(H,21,23)(H,22,24)/b20-12-. The van der Waals surface area contributed by atoms with Crippen LogP contribution in [0.15, 0.2) is 66.3 Å². The number of nitrogens with one attached hydrogen (secondary N) is 2. The van der Waals surface area contributed by atoms with Crippen LogP contribution in [0.5, 0.6) is 5.75 Å². The van der Waals surface area contributed by atoms with Crippen molar-refractivity contribution < 1.29 is 14.3 Å². The van der Waals surface area contributed by atoms with Gasteiger partial charge in [-0.05, 0) is 42.0 Å². The zero-order valence-electron chi connectivity index (χ0n) is 13.2. The molecule has 0 saturated carbocycles. The van der Waals surface area contributed by atoms with Crippen LogP contribution in [0.2, 0.25) is 5.02 Å². The van der Waals surface area contributed by atoms with E-state index >= 15 is 0 Å². The van der Waals surface area contributed by atoms with Gasteiger partial charge in [0.05, 0.1) is 6.21 Å². The van der Waals surface area contributed by atoms with E-state index in [1.54, 1.807) is 54.6 Å². The second-order valence-corrected chi connectivity index (χ2v) is 5.27. The van der Waals surface area contributed by atoms with Gasteiger partial charge in [-0.1, -0.05) is 36.4 Å². The minimum absolute atomic E-state index is 0.389. The van der Waals surface area contributed by atoms with Crippen LogP contribution in [0.4, 0.5) is 5.69 Å². The summed E-state index contributed by atoms with van der Waals surface area (Å²) in [7, 11) is 0. The largest absolute Gasteiger partial charge is 0.490 e. The van der Waals surface area contributed by atoms with Gasteiger partial charge in [0.1, 0.15) is 12.4 Å². The van der Waals surface area contributed by atoms with Crippen LogP contribution in [0, 0.1) is 0 Å². The van der Waals surface area contributed by atoms with E-state index in [9.17, 15) is 9.59 Å². The Bertz CT molecular complexity index is 771. The molecule has 2 aromatic carbocycles. The summed E-state index contributed by atoms with van der Waals surface area (Å²) in [4.78, 5) is 23.5. The first-order chi connectivity index (χ1) is 12.1. The Kier molecular flexibility index (Phi) is 6.74. The molecule has 0 saturated heterocycles. The molecular weight excluding hydrogens is 342 g/mol. The smallest absolute Gasteiger partial charge is 0.329 e. The molecule has 0 fully saturated rings. The molecule has 6 nitrogen and oxygen atoms in total. The highest BCUT2D eigenvalue weighted by Gasteiger charge is 2.12. The number of ether oxygens (including phenoxy) is 1. The van der Waals surface area contributed by atoms with E-state index in [1.165, 1.54) is 6.21 Å². The van der Waals surface area contributed by atoms with Gasteiger partial charge < -0.3 is 10.1 Å². The highest BCUT2D eigenvalue weighted by atomic mass is 35.5. The summed E-state index contributed by atoms with van der Waals surface area (Å²) in [6.45, 7) is 3.94. The van der Waals surface area contributed by atoms with Gasteiger partial charge in [-0.25, -0.2) is 5.43 Å². The van der Waals surface area contributed by atoms with E-state index < -0.39 is 11.8 Å². The summed E-state index contributed by atoms with van der Waals surface area (Å²) in [5.74, 6) is -1.07. The number of carbonyl (C=O) groups excluding carboxylic acids is 2. The molecule has 25 heavy (non-hydrogen) atoms. The second-order valence-electron chi connectivity index (χ2n) is 4.83. The summed E-state index contributed by atoms with van der Waals surface area (Å²) in [5, 5.41) is 6.79. The van der Waals surface area contributed by atoms with Gasteiger partial charge in [0.25, 0.3) is 0 Å². The summed E-state index contributed by atoms with van der Waals surface area (Å²) in [6, 6.07) is 13.5. The molecule has 2 N–H and O–H groups in total. The minimum atomic E-state index is -0.878. The number of benzene rings is 2. The first kappa shape index (κ1) is 18.2. The van der Waals surface area contributed by atoms with Crippen molar-refractivity contribution in [2.45, 2.75) is 0 Å². The number of anilines is 1. The fraction of sp³-hybridized carbons (Fsp3) is 0.0556. The number of halogens is 1. The van der Waals surface area contributed by atoms with Crippen molar-refractivity contribution in [2.75, 3.05) is 11.9 Å². The van der Waals surface area contributed by atoms with Gasteiger partial charge in [0.15, 0.2) is 0 Å². The number of carbonyl (C=O) groups is 2. The van der Waals surface area contributed by atoms with Crippen LogP contribution in [-0.2, 0) is 9.59 Å². The van der Waals surface area contributed by atoms with Gasteiger partial charge in [0, 0.05) is 10.7 Å². The second kappa shape index (κ2) is 9.24. The summed E-state index contributed by atoms with van der Waals surface area (Å²) < 4.78 is 5.33. The van der Waals surface area contributed by atoms with Gasteiger partial charge >= 0.3 is 11.8 Å². The maximum atomic E-state index is 11.8. The van der Waals surface area contributed by atoms with Crippen LogP contribution >= 0.6 is 11.6 Å². The van der Waals surface area contributed by atoms with Crippen molar-refractivity contribution in [3.8, 4) is 5.75 Å². The van der Waals surface area contributed by atoms with Crippen molar-refractivity contribution in [1.82, 2.24) is 5.43 Å². The van der Waals surface area contributed by atoms with Gasteiger partial charge in [-0.2, -0.15) is 5.10 Å². The predicted molar refractivity (Wildman–Crippen MR) is 98.0 cm³/mol. The third-order valence-corrected chi connectivity index (χ3v) is 3.19. The predicted octanol–water partition coefficient (Wildman–Crippen LogP) is 2.99. The number of amides is 2. The van der Waals surface area contributed by atoms with Crippen molar-refractivity contribution in [3.05, 3.63) is 71.8 Å². The van der Waals surface area contributed by atoms with E-state index in [0.29, 0.717) is 23.1 Å². The lowest BCUT2D eigenvalue weighted by Gasteiger charge is -2.06. The minimum Gasteiger partial charge on any atom is -0.490 e. The van der Waals surface area contributed by atoms with Crippen LogP contribution in [0.25, 0.3) is 0 Å². The Balaban J connectivity index is 1.84. The number of rotatable bonds is 6. The molecule has 7 heteroatoms. The van der Waals surface area contributed by atoms with Crippen molar-refractivity contribution in [3.63, 3.8) is 0 Å². The van der Waals surface area contributed by atoms with E-state index in [2.05, 4.69) is 22.4 Å². The summed E-state index contributed by atoms with van der Waals surface area (Å²) in [6.07, 6.45) is 3.04.